The van der Waals surface area contributed by atoms with E-state index in [4.69, 9.17) is 4.74 Å². The Hall–Kier alpha value is -2.64. The van der Waals surface area contributed by atoms with Crippen molar-refractivity contribution in [2.24, 2.45) is 0 Å². The van der Waals surface area contributed by atoms with Crippen LogP contribution in [0, 0.1) is 10.1 Å². The summed E-state index contributed by atoms with van der Waals surface area (Å²) in [6.07, 6.45) is 4.96. The SMILES string of the molecule is CCCCCNC(=O)COC(=O)c1cc([N+](=O)[O-])ccc1N1CCCC1. The maximum absolute atomic E-state index is 12.4. The molecule has 1 aliphatic heterocycles. The lowest BCUT2D eigenvalue weighted by Crippen LogP contribution is -2.30. The van der Waals surface area contributed by atoms with Gasteiger partial charge in [0.2, 0.25) is 0 Å². The van der Waals surface area contributed by atoms with Crippen LogP contribution in [0.5, 0.6) is 0 Å². The first-order valence-electron chi connectivity index (χ1n) is 9.00. The first kappa shape index (κ1) is 19.7. The van der Waals surface area contributed by atoms with Crippen molar-refractivity contribution < 1.29 is 19.2 Å². The minimum Gasteiger partial charge on any atom is -0.452 e. The van der Waals surface area contributed by atoms with Crippen LogP contribution in [0.3, 0.4) is 0 Å². The largest absolute Gasteiger partial charge is 0.452 e. The number of benzene rings is 1. The summed E-state index contributed by atoms with van der Waals surface area (Å²) in [4.78, 5) is 36.7. The molecule has 8 heteroatoms. The van der Waals surface area contributed by atoms with Gasteiger partial charge in [-0.05, 0) is 25.3 Å². The van der Waals surface area contributed by atoms with Crippen LogP contribution in [0.2, 0.25) is 0 Å². The van der Waals surface area contributed by atoms with E-state index in [1.165, 1.54) is 12.1 Å². The molecule has 1 heterocycles. The highest BCUT2D eigenvalue weighted by Crippen LogP contribution is 2.28. The number of carbonyl (C=O) groups is 2. The predicted molar refractivity (Wildman–Crippen MR) is 97.4 cm³/mol. The molecule has 1 aliphatic rings. The van der Waals surface area contributed by atoms with Crippen LogP contribution in [-0.4, -0.2) is 43.0 Å². The molecule has 1 amide bonds. The highest BCUT2D eigenvalue weighted by Gasteiger charge is 2.23. The van der Waals surface area contributed by atoms with E-state index in [1.54, 1.807) is 6.07 Å². The van der Waals surface area contributed by atoms with Crippen molar-refractivity contribution in [2.75, 3.05) is 31.1 Å². The highest BCUT2D eigenvalue weighted by atomic mass is 16.6. The minimum atomic E-state index is -0.723. The molecule has 0 radical (unpaired) electrons. The molecule has 0 bridgehead atoms. The van der Waals surface area contributed by atoms with Crippen LogP contribution in [0.1, 0.15) is 49.4 Å². The molecule has 0 unspecified atom stereocenters. The number of nitro groups is 1. The Morgan fingerprint density at radius 1 is 1.27 bits per heavy atom. The lowest BCUT2D eigenvalue weighted by Gasteiger charge is -2.20. The van der Waals surface area contributed by atoms with Crippen LogP contribution in [0.15, 0.2) is 18.2 Å². The van der Waals surface area contributed by atoms with Crippen molar-refractivity contribution >= 4 is 23.3 Å². The summed E-state index contributed by atoms with van der Waals surface area (Å²) >= 11 is 0. The zero-order valence-electron chi connectivity index (χ0n) is 15.0. The molecular weight excluding hydrogens is 338 g/mol. The van der Waals surface area contributed by atoms with Crippen LogP contribution >= 0.6 is 0 Å². The van der Waals surface area contributed by atoms with E-state index in [-0.39, 0.29) is 17.2 Å². The number of amides is 1. The average molecular weight is 363 g/mol. The fraction of sp³-hybridized carbons (Fsp3) is 0.556. The quantitative estimate of drug-likeness (QED) is 0.313. The second-order valence-electron chi connectivity index (χ2n) is 6.29. The Bertz CT molecular complexity index is 656. The van der Waals surface area contributed by atoms with Gasteiger partial charge in [0.05, 0.1) is 16.2 Å². The molecule has 142 valence electrons. The van der Waals surface area contributed by atoms with Crippen molar-refractivity contribution in [1.82, 2.24) is 5.32 Å². The zero-order valence-corrected chi connectivity index (χ0v) is 15.0. The van der Waals surface area contributed by atoms with Gasteiger partial charge in [0, 0.05) is 31.8 Å². The Labute approximate surface area is 152 Å². The summed E-state index contributed by atoms with van der Waals surface area (Å²) in [5, 5.41) is 13.7. The number of ether oxygens (including phenoxy) is 1. The van der Waals surface area contributed by atoms with E-state index in [1.807, 2.05) is 4.90 Å². The molecule has 2 rings (SSSR count). The number of esters is 1. The Morgan fingerprint density at radius 3 is 2.65 bits per heavy atom. The third-order valence-corrected chi connectivity index (χ3v) is 4.29. The Kier molecular flexibility index (Phi) is 7.37. The molecule has 0 spiro atoms. The molecule has 0 atom stereocenters. The number of nitrogens with zero attached hydrogens (tertiary/aromatic N) is 2. The molecule has 1 fully saturated rings. The molecular formula is C18H25N3O5. The van der Waals surface area contributed by atoms with Crippen molar-refractivity contribution in [3.8, 4) is 0 Å². The van der Waals surface area contributed by atoms with Crippen molar-refractivity contribution in [3.05, 3.63) is 33.9 Å². The van der Waals surface area contributed by atoms with E-state index in [2.05, 4.69) is 12.2 Å². The predicted octanol–water partition coefficient (Wildman–Crippen LogP) is 2.66. The summed E-state index contributed by atoms with van der Waals surface area (Å²) in [6, 6.07) is 4.17. The van der Waals surface area contributed by atoms with Crippen LogP contribution in [0.4, 0.5) is 11.4 Å². The number of non-ortho nitro benzene ring substituents is 1. The number of nitro benzene ring substituents is 1. The van der Waals surface area contributed by atoms with Gasteiger partial charge in [-0.25, -0.2) is 4.79 Å². The fourth-order valence-corrected chi connectivity index (χ4v) is 2.90. The zero-order chi connectivity index (χ0) is 18.9. The minimum absolute atomic E-state index is 0.125. The molecule has 0 aliphatic carbocycles. The number of hydrogen-bond donors (Lipinski definition) is 1. The fourth-order valence-electron chi connectivity index (χ4n) is 2.90. The van der Waals surface area contributed by atoms with Crippen LogP contribution in [0.25, 0.3) is 0 Å². The summed E-state index contributed by atoms with van der Waals surface area (Å²) in [6.45, 7) is 3.79. The maximum Gasteiger partial charge on any atom is 0.341 e. The summed E-state index contributed by atoms with van der Waals surface area (Å²) in [7, 11) is 0. The molecule has 0 aromatic heterocycles. The van der Waals surface area contributed by atoms with Gasteiger partial charge in [0.1, 0.15) is 0 Å². The average Bonchev–Trinajstić information content (AvgIpc) is 3.17. The van der Waals surface area contributed by atoms with E-state index in [9.17, 15) is 19.7 Å². The number of anilines is 1. The second kappa shape index (κ2) is 9.74. The van der Waals surface area contributed by atoms with E-state index >= 15 is 0 Å². The summed E-state index contributed by atoms with van der Waals surface area (Å²) < 4.78 is 5.08. The molecule has 1 aromatic rings. The first-order valence-corrected chi connectivity index (χ1v) is 9.00. The highest BCUT2D eigenvalue weighted by molar-refractivity contribution is 5.97. The molecule has 1 aromatic carbocycles. The molecule has 1 N–H and O–H groups in total. The maximum atomic E-state index is 12.4. The monoisotopic (exact) mass is 363 g/mol. The second-order valence-corrected chi connectivity index (χ2v) is 6.29. The lowest BCUT2D eigenvalue weighted by atomic mass is 10.1. The Morgan fingerprint density at radius 2 is 2.00 bits per heavy atom. The van der Waals surface area contributed by atoms with Gasteiger partial charge < -0.3 is 15.0 Å². The molecule has 1 saturated heterocycles. The van der Waals surface area contributed by atoms with Gasteiger partial charge >= 0.3 is 5.97 Å². The van der Waals surface area contributed by atoms with Gasteiger partial charge in [-0.1, -0.05) is 19.8 Å². The van der Waals surface area contributed by atoms with Crippen molar-refractivity contribution in [1.29, 1.82) is 0 Å². The van der Waals surface area contributed by atoms with E-state index < -0.39 is 17.5 Å². The van der Waals surface area contributed by atoms with E-state index in [0.29, 0.717) is 12.2 Å². The number of unbranched alkanes of at least 4 members (excludes halogenated alkanes) is 2. The lowest BCUT2D eigenvalue weighted by molar-refractivity contribution is -0.384. The molecule has 8 nitrogen and oxygen atoms in total. The smallest absolute Gasteiger partial charge is 0.341 e. The Balaban J connectivity index is 2.02. The topological polar surface area (TPSA) is 102 Å². The third-order valence-electron chi connectivity index (χ3n) is 4.29. The number of hydrogen-bond acceptors (Lipinski definition) is 6. The molecule has 26 heavy (non-hydrogen) atoms. The number of carbonyl (C=O) groups excluding carboxylic acids is 2. The van der Waals surface area contributed by atoms with Crippen molar-refractivity contribution in [2.45, 2.75) is 39.0 Å². The van der Waals surface area contributed by atoms with E-state index in [0.717, 1.165) is 45.2 Å². The third kappa shape index (κ3) is 5.44. The van der Waals surface area contributed by atoms with Gasteiger partial charge in [0.15, 0.2) is 6.61 Å². The standard InChI is InChI=1S/C18H25N3O5/c1-2-3-4-9-19-17(22)13-26-18(23)15-12-14(21(24)25)7-8-16(15)20-10-5-6-11-20/h7-8,12H,2-6,9-11,13H2,1H3,(H,19,22). The van der Waals surface area contributed by atoms with Crippen LogP contribution in [-0.2, 0) is 9.53 Å². The van der Waals surface area contributed by atoms with Crippen molar-refractivity contribution in [3.63, 3.8) is 0 Å². The normalized spacial score (nSPS) is 13.5. The number of rotatable bonds is 9. The van der Waals surface area contributed by atoms with Crippen LogP contribution < -0.4 is 10.2 Å². The first-order chi connectivity index (χ1) is 12.5. The molecule has 0 saturated carbocycles. The number of nitrogens with one attached hydrogen (secondary N) is 1. The van der Waals surface area contributed by atoms with Gasteiger partial charge in [-0.3, -0.25) is 14.9 Å². The van der Waals surface area contributed by atoms with Gasteiger partial charge in [-0.2, -0.15) is 0 Å². The summed E-state index contributed by atoms with van der Waals surface area (Å²) in [5.41, 5.74) is 0.560. The van der Waals surface area contributed by atoms with Gasteiger partial charge in [0.25, 0.3) is 11.6 Å². The van der Waals surface area contributed by atoms with Gasteiger partial charge in [-0.15, -0.1) is 0 Å². The summed E-state index contributed by atoms with van der Waals surface area (Å²) in [5.74, 6) is -1.10.